The minimum atomic E-state index is -0.333. The van der Waals surface area contributed by atoms with E-state index in [1.165, 1.54) is 11.3 Å². The number of carbonyl (C=O) groups excluding carboxylic acids is 2. The maximum atomic E-state index is 12.7. The van der Waals surface area contributed by atoms with E-state index in [4.69, 9.17) is 11.6 Å². The van der Waals surface area contributed by atoms with E-state index in [0.29, 0.717) is 33.5 Å². The van der Waals surface area contributed by atoms with Crippen molar-refractivity contribution in [3.05, 3.63) is 87.4 Å². The Morgan fingerprint density at radius 1 is 0.970 bits per heavy atom. The van der Waals surface area contributed by atoms with Crippen molar-refractivity contribution >= 4 is 55.9 Å². The van der Waals surface area contributed by atoms with Crippen LogP contribution in [0.3, 0.4) is 0 Å². The van der Waals surface area contributed by atoms with Gasteiger partial charge in [0.1, 0.15) is 0 Å². The number of carbonyl (C=O) groups is 2. The third-order valence-corrected chi connectivity index (χ3v) is 6.31. The number of nitrogens with zero attached hydrogens (tertiary/aromatic N) is 1. The molecule has 0 aliphatic carbocycles. The van der Waals surface area contributed by atoms with Gasteiger partial charge < -0.3 is 10.6 Å². The number of halogens is 1. The van der Waals surface area contributed by atoms with Crippen molar-refractivity contribution in [1.29, 1.82) is 0 Å². The molecule has 3 amide bonds. The van der Waals surface area contributed by atoms with E-state index in [1.54, 1.807) is 24.3 Å². The number of thiazole rings is 1. The summed E-state index contributed by atoms with van der Waals surface area (Å²) in [7, 11) is 0. The number of rotatable bonds is 5. The summed E-state index contributed by atoms with van der Waals surface area (Å²) < 4.78 is 0.795. The highest BCUT2D eigenvalue weighted by molar-refractivity contribution is 7.22. The quantitative estimate of drug-likeness (QED) is 0.308. The monoisotopic (exact) mass is 478 g/mol. The molecule has 0 unspecified atom stereocenters. The molecule has 33 heavy (non-hydrogen) atoms. The average molecular weight is 479 g/mol. The molecule has 0 radical (unpaired) electrons. The van der Waals surface area contributed by atoms with Gasteiger partial charge in [0.25, 0.3) is 5.91 Å². The summed E-state index contributed by atoms with van der Waals surface area (Å²) in [6.07, 6.45) is 0. The minimum absolute atomic E-state index is 0.262. The van der Waals surface area contributed by atoms with Crippen LogP contribution in [0.25, 0.3) is 10.2 Å². The third-order valence-electron chi connectivity index (χ3n) is 5.07. The Kier molecular flexibility index (Phi) is 6.62. The lowest BCUT2D eigenvalue weighted by atomic mass is 10.1. The van der Waals surface area contributed by atoms with Crippen LogP contribution in [0.1, 0.15) is 32.6 Å². The Bertz CT molecular complexity index is 1330. The first-order chi connectivity index (χ1) is 15.8. The molecule has 3 aromatic carbocycles. The van der Waals surface area contributed by atoms with Gasteiger partial charge in [0.05, 0.1) is 20.9 Å². The van der Waals surface area contributed by atoms with Crippen LogP contribution < -0.4 is 16.0 Å². The molecule has 1 aromatic heterocycles. The Labute approximate surface area is 201 Å². The number of urea groups is 1. The van der Waals surface area contributed by atoms with Crippen molar-refractivity contribution in [2.45, 2.75) is 27.3 Å². The van der Waals surface area contributed by atoms with Crippen molar-refractivity contribution in [2.24, 2.45) is 0 Å². The van der Waals surface area contributed by atoms with E-state index in [1.807, 2.05) is 45.0 Å². The van der Waals surface area contributed by atoms with Gasteiger partial charge in [-0.3, -0.25) is 10.1 Å². The van der Waals surface area contributed by atoms with Crippen LogP contribution in [0.15, 0.2) is 54.6 Å². The summed E-state index contributed by atoms with van der Waals surface area (Å²) >= 11 is 7.53. The summed E-state index contributed by atoms with van der Waals surface area (Å²) in [5.74, 6) is -0.262. The van der Waals surface area contributed by atoms with E-state index in [-0.39, 0.29) is 11.9 Å². The molecule has 1 heterocycles. The molecule has 8 heteroatoms. The fourth-order valence-corrected chi connectivity index (χ4v) is 4.76. The SMILES string of the molecule is Cc1cc(C)cc(CNC(=O)Nc2nc3ccc(C(=O)Nc4c(C)cccc4Cl)cc3s2)c1. The van der Waals surface area contributed by atoms with Gasteiger partial charge in [-0.25, -0.2) is 9.78 Å². The van der Waals surface area contributed by atoms with E-state index in [2.05, 4.69) is 27.0 Å². The highest BCUT2D eigenvalue weighted by atomic mass is 35.5. The zero-order valence-electron chi connectivity index (χ0n) is 18.5. The first-order valence-electron chi connectivity index (χ1n) is 10.4. The van der Waals surface area contributed by atoms with Crippen LogP contribution in [0.2, 0.25) is 5.02 Å². The molecule has 0 saturated heterocycles. The molecule has 4 rings (SSSR count). The first kappa shape index (κ1) is 22.8. The van der Waals surface area contributed by atoms with E-state index in [9.17, 15) is 9.59 Å². The summed E-state index contributed by atoms with van der Waals surface area (Å²) in [4.78, 5) is 29.5. The number of hydrogen-bond donors (Lipinski definition) is 3. The number of aryl methyl sites for hydroxylation is 3. The number of aromatic nitrogens is 1. The van der Waals surface area contributed by atoms with Gasteiger partial charge in [0, 0.05) is 12.1 Å². The lowest BCUT2D eigenvalue weighted by Gasteiger charge is -2.10. The molecule has 4 aromatic rings. The van der Waals surface area contributed by atoms with Crippen LogP contribution in [-0.2, 0) is 6.54 Å². The van der Waals surface area contributed by atoms with Crippen molar-refractivity contribution in [2.75, 3.05) is 10.6 Å². The average Bonchev–Trinajstić information content (AvgIpc) is 3.15. The van der Waals surface area contributed by atoms with Crippen molar-refractivity contribution in [3.63, 3.8) is 0 Å². The first-order valence-corrected chi connectivity index (χ1v) is 11.6. The molecular weight excluding hydrogens is 456 g/mol. The zero-order chi connectivity index (χ0) is 23.5. The standard InChI is InChI=1S/C25H23ClN4O2S/c1-14-9-15(2)11-17(10-14)13-27-24(32)30-25-28-20-8-7-18(12-21(20)33-25)23(31)29-22-16(3)5-4-6-19(22)26/h4-12H,13H2,1-3H3,(H,29,31)(H2,27,28,30,32). The number of hydrogen-bond acceptors (Lipinski definition) is 4. The van der Waals surface area contributed by atoms with Crippen LogP contribution in [0.4, 0.5) is 15.6 Å². The highest BCUT2D eigenvalue weighted by Crippen LogP contribution is 2.29. The van der Waals surface area contributed by atoms with E-state index >= 15 is 0 Å². The largest absolute Gasteiger partial charge is 0.334 e. The molecule has 0 fully saturated rings. The van der Waals surface area contributed by atoms with Crippen LogP contribution in [0, 0.1) is 20.8 Å². The fourth-order valence-electron chi connectivity index (χ4n) is 3.59. The van der Waals surface area contributed by atoms with Gasteiger partial charge >= 0.3 is 6.03 Å². The summed E-state index contributed by atoms with van der Waals surface area (Å²) in [6.45, 7) is 6.37. The molecule has 0 saturated carbocycles. The van der Waals surface area contributed by atoms with Crippen molar-refractivity contribution < 1.29 is 9.59 Å². The van der Waals surface area contributed by atoms with E-state index < -0.39 is 0 Å². The molecular formula is C25H23ClN4O2S. The number of benzene rings is 3. The zero-order valence-corrected chi connectivity index (χ0v) is 20.0. The Hall–Kier alpha value is -3.42. The number of para-hydroxylation sites is 1. The van der Waals surface area contributed by atoms with Gasteiger partial charge in [-0.15, -0.1) is 0 Å². The smallest absolute Gasteiger partial charge is 0.321 e. The summed E-state index contributed by atoms with van der Waals surface area (Å²) in [5.41, 5.74) is 6.01. The van der Waals surface area contributed by atoms with Crippen molar-refractivity contribution in [1.82, 2.24) is 10.3 Å². The van der Waals surface area contributed by atoms with E-state index in [0.717, 1.165) is 27.0 Å². The molecule has 0 bridgehead atoms. The molecule has 0 spiro atoms. The van der Waals surface area contributed by atoms with Crippen LogP contribution in [-0.4, -0.2) is 16.9 Å². The second-order valence-electron chi connectivity index (χ2n) is 7.89. The summed E-state index contributed by atoms with van der Waals surface area (Å²) in [5, 5.41) is 9.45. The number of fused-ring (bicyclic) bond motifs is 1. The predicted molar refractivity (Wildman–Crippen MR) is 136 cm³/mol. The lowest BCUT2D eigenvalue weighted by molar-refractivity contribution is 0.102. The number of nitrogens with one attached hydrogen (secondary N) is 3. The topological polar surface area (TPSA) is 83.1 Å². The van der Waals surface area contributed by atoms with Crippen molar-refractivity contribution in [3.8, 4) is 0 Å². The Balaban J connectivity index is 1.43. The van der Waals surface area contributed by atoms with Gasteiger partial charge in [0.2, 0.25) is 0 Å². The number of amides is 3. The minimum Gasteiger partial charge on any atom is -0.334 e. The second-order valence-corrected chi connectivity index (χ2v) is 9.33. The van der Waals surface area contributed by atoms with Gasteiger partial charge in [-0.05, 0) is 56.2 Å². The predicted octanol–water partition coefficient (Wildman–Crippen LogP) is 6.45. The maximum absolute atomic E-state index is 12.7. The maximum Gasteiger partial charge on any atom is 0.321 e. The normalized spacial score (nSPS) is 10.8. The highest BCUT2D eigenvalue weighted by Gasteiger charge is 2.13. The Morgan fingerprint density at radius 3 is 2.45 bits per heavy atom. The fraction of sp³-hybridized carbons (Fsp3) is 0.160. The van der Waals surface area contributed by atoms with Crippen LogP contribution in [0.5, 0.6) is 0 Å². The third kappa shape index (κ3) is 5.50. The van der Waals surface area contributed by atoms with Crippen LogP contribution >= 0.6 is 22.9 Å². The molecule has 0 aliphatic rings. The molecule has 0 aliphatic heterocycles. The van der Waals surface area contributed by atoms with Gasteiger partial charge in [0.15, 0.2) is 5.13 Å². The Morgan fingerprint density at radius 2 is 1.73 bits per heavy atom. The van der Waals surface area contributed by atoms with Gasteiger partial charge in [-0.1, -0.05) is 64.4 Å². The number of anilines is 2. The lowest BCUT2D eigenvalue weighted by Crippen LogP contribution is -2.28. The van der Waals surface area contributed by atoms with Gasteiger partial charge in [-0.2, -0.15) is 0 Å². The molecule has 168 valence electrons. The molecule has 6 nitrogen and oxygen atoms in total. The summed E-state index contributed by atoms with van der Waals surface area (Å²) in [6, 6.07) is 16.5. The molecule has 3 N–H and O–H groups in total. The second kappa shape index (κ2) is 9.60. The molecule has 0 atom stereocenters.